The fourth-order valence-electron chi connectivity index (χ4n) is 1.04. The summed E-state index contributed by atoms with van der Waals surface area (Å²) in [5, 5.41) is 2.65. The van der Waals surface area contributed by atoms with E-state index in [1.165, 1.54) is 0 Å². The monoisotopic (exact) mass is 229 g/mol. The van der Waals surface area contributed by atoms with Gasteiger partial charge in [-0.25, -0.2) is 4.79 Å². The van der Waals surface area contributed by atoms with Gasteiger partial charge in [-0.3, -0.25) is 5.32 Å². The van der Waals surface area contributed by atoms with Crippen LogP contribution >= 0.6 is 0 Å². The normalized spacial score (nSPS) is 13.8. The molecule has 0 aliphatic carbocycles. The van der Waals surface area contributed by atoms with Gasteiger partial charge >= 0.3 is 6.09 Å². The molecule has 0 aliphatic heterocycles. The number of rotatable bonds is 5. The number of ether oxygens (including phenoxy) is 2. The van der Waals surface area contributed by atoms with Crippen LogP contribution in [0, 0.1) is 0 Å². The maximum Gasteiger partial charge on any atom is 0.409 e. The number of methoxy groups -OCH3 is 1. The minimum absolute atomic E-state index is 0.336. The Morgan fingerprint density at radius 1 is 1.38 bits per heavy atom. The highest BCUT2D eigenvalue weighted by Crippen LogP contribution is 2.07. The number of hydrogen-bond donors (Lipinski definition) is 1. The lowest BCUT2D eigenvalue weighted by Gasteiger charge is -2.22. The molecule has 0 aliphatic rings. The van der Waals surface area contributed by atoms with Gasteiger partial charge in [0.15, 0.2) is 0 Å². The van der Waals surface area contributed by atoms with Crippen LogP contribution in [0.3, 0.4) is 0 Å². The van der Waals surface area contributed by atoms with Crippen LogP contribution < -0.4 is 5.32 Å². The number of hydrogen-bond acceptors (Lipinski definition) is 3. The molecule has 1 atom stereocenters. The highest BCUT2D eigenvalue weighted by atomic mass is 16.6. The summed E-state index contributed by atoms with van der Waals surface area (Å²) in [6, 6.07) is 0. The third-order valence-electron chi connectivity index (χ3n) is 1.71. The molecule has 0 aromatic carbocycles. The molecule has 94 valence electrons. The Balaban J connectivity index is 4.02. The molecule has 1 unspecified atom stereocenters. The Bertz CT molecular complexity index is 231. The van der Waals surface area contributed by atoms with Crippen molar-refractivity contribution in [3.8, 4) is 0 Å². The van der Waals surface area contributed by atoms with Gasteiger partial charge in [0.2, 0.25) is 0 Å². The first-order valence-corrected chi connectivity index (χ1v) is 5.56. The second kappa shape index (κ2) is 7.28. The van der Waals surface area contributed by atoms with Crippen molar-refractivity contribution in [2.24, 2.45) is 0 Å². The maximum absolute atomic E-state index is 11.4. The zero-order valence-corrected chi connectivity index (χ0v) is 10.9. The van der Waals surface area contributed by atoms with E-state index in [-0.39, 0.29) is 6.23 Å². The average Bonchev–Trinajstić information content (AvgIpc) is 2.13. The highest BCUT2D eigenvalue weighted by Gasteiger charge is 2.18. The lowest BCUT2D eigenvalue weighted by molar-refractivity contribution is 0.0247. The summed E-state index contributed by atoms with van der Waals surface area (Å²) in [5.74, 6) is 0. The molecule has 0 radical (unpaired) electrons. The smallest absolute Gasteiger partial charge is 0.409 e. The first kappa shape index (κ1) is 15.0. The molecule has 0 bridgehead atoms. The Morgan fingerprint density at radius 2 is 2.00 bits per heavy atom. The lowest BCUT2D eigenvalue weighted by atomic mass is 10.2. The zero-order valence-electron chi connectivity index (χ0n) is 10.9. The number of allylic oxidation sites excluding steroid dienone is 1. The van der Waals surface area contributed by atoms with E-state index in [0.29, 0.717) is 6.42 Å². The topological polar surface area (TPSA) is 47.6 Å². The van der Waals surface area contributed by atoms with Crippen molar-refractivity contribution in [2.45, 2.75) is 52.4 Å². The third-order valence-corrected chi connectivity index (χ3v) is 1.71. The van der Waals surface area contributed by atoms with Crippen molar-refractivity contribution in [1.29, 1.82) is 0 Å². The van der Waals surface area contributed by atoms with Crippen molar-refractivity contribution in [3.63, 3.8) is 0 Å². The number of carbonyl (C=O) groups is 1. The molecule has 0 spiro atoms. The first-order valence-electron chi connectivity index (χ1n) is 5.56. The second-order valence-electron chi connectivity index (χ2n) is 4.49. The molecule has 0 heterocycles. The lowest BCUT2D eigenvalue weighted by Crippen LogP contribution is -2.39. The van der Waals surface area contributed by atoms with Gasteiger partial charge in [-0.2, -0.15) is 0 Å². The van der Waals surface area contributed by atoms with Crippen LogP contribution in [0.2, 0.25) is 0 Å². The van der Waals surface area contributed by atoms with Crippen LogP contribution in [0.25, 0.3) is 0 Å². The van der Waals surface area contributed by atoms with E-state index in [1.54, 1.807) is 7.11 Å². The number of carbonyl (C=O) groups excluding carboxylic acids is 1. The molecule has 0 aromatic heterocycles. The second-order valence-corrected chi connectivity index (χ2v) is 4.49. The zero-order chi connectivity index (χ0) is 12.6. The van der Waals surface area contributed by atoms with E-state index in [0.717, 1.165) is 6.42 Å². The van der Waals surface area contributed by atoms with Crippen molar-refractivity contribution in [1.82, 2.24) is 5.32 Å². The Morgan fingerprint density at radius 3 is 2.44 bits per heavy atom. The minimum Gasteiger partial charge on any atom is -0.444 e. The van der Waals surface area contributed by atoms with E-state index in [2.05, 4.69) is 12.2 Å². The Hall–Kier alpha value is -1.03. The number of amides is 1. The van der Waals surface area contributed by atoms with E-state index >= 15 is 0 Å². The van der Waals surface area contributed by atoms with E-state index in [9.17, 15) is 4.79 Å². The summed E-state index contributed by atoms with van der Waals surface area (Å²) in [6.45, 7) is 7.53. The fourth-order valence-corrected chi connectivity index (χ4v) is 1.04. The van der Waals surface area contributed by atoms with Crippen molar-refractivity contribution < 1.29 is 14.3 Å². The largest absolute Gasteiger partial charge is 0.444 e. The number of nitrogens with one attached hydrogen (secondary N) is 1. The molecule has 1 N–H and O–H groups in total. The quantitative estimate of drug-likeness (QED) is 0.582. The predicted octanol–water partition coefficient (Wildman–Crippen LogP) is 2.84. The first-order chi connectivity index (χ1) is 7.39. The molecule has 0 rings (SSSR count). The van der Waals surface area contributed by atoms with Gasteiger partial charge in [-0.05, 0) is 27.2 Å². The molecule has 0 fully saturated rings. The third kappa shape index (κ3) is 8.29. The van der Waals surface area contributed by atoms with E-state index in [1.807, 2.05) is 32.9 Å². The molecule has 0 saturated carbocycles. The van der Waals surface area contributed by atoms with Crippen molar-refractivity contribution in [3.05, 3.63) is 12.2 Å². The van der Waals surface area contributed by atoms with Crippen molar-refractivity contribution in [2.75, 3.05) is 7.11 Å². The summed E-state index contributed by atoms with van der Waals surface area (Å²) < 4.78 is 10.2. The van der Waals surface area contributed by atoms with Gasteiger partial charge in [0, 0.05) is 13.5 Å². The van der Waals surface area contributed by atoms with Crippen molar-refractivity contribution >= 4 is 6.09 Å². The molecule has 1 amide bonds. The van der Waals surface area contributed by atoms with Gasteiger partial charge < -0.3 is 9.47 Å². The molecule has 0 saturated heterocycles. The predicted molar refractivity (Wildman–Crippen MR) is 64.2 cm³/mol. The van der Waals surface area contributed by atoms with E-state index in [4.69, 9.17) is 9.47 Å². The summed E-state index contributed by atoms with van der Waals surface area (Å²) in [6.07, 6.45) is 4.84. The van der Waals surface area contributed by atoms with Crippen LogP contribution in [0.5, 0.6) is 0 Å². The molecular weight excluding hydrogens is 206 g/mol. The Kier molecular flexibility index (Phi) is 6.81. The van der Waals surface area contributed by atoms with Crippen LogP contribution in [0.1, 0.15) is 40.5 Å². The molecule has 4 nitrogen and oxygen atoms in total. The van der Waals surface area contributed by atoms with Crippen LogP contribution in [0.15, 0.2) is 12.2 Å². The molecule has 0 aromatic rings. The molecule has 16 heavy (non-hydrogen) atoms. The molecule has 4 heteroatoms. The molecular formula is C12H23NO3. The highest BCUT2D eigenvalue weighted by molar-refractivity contribution is 5.67. The minimum atomic E-state index is -0.484. The van der Waals surface area contributed by atoms with Gasteiger partial charge in [-0.15, -0.1) is 0 Å². The summed E-state index contributed by atoms with van der Waals surface area (Å²) in [7, 11) is 1.56. The van der Waals surface area contributed by atoms with Gasteiger partial charge in [0.1, 0.15) is 11.8 Å². The van der Waals surface area contributed by atoms with Crippen LogP contribution in [0.4, 0.5) is 4.79 Å². The van der Waals surface area contributed by atoms with Crippen LogP contribution in [-0.4, -0.2) is 25.0 Å². The number of alkyl carbamates (subject to hydrolysis) is 1. The van der Waals surface area contributed by atoms with Gasteiger partial charge in [0.25, 0.3) is 0 Å². The summed E-state index contributed by atoms with van der Waals surface area (Å²) in [5.41, 5.74) is -0.484. The summed E-state index contributed by atoms with van der Waals surface area (Å²) in [4.78, 5) is 11.4. The van der Waals surface area contributed by atoms with Gasteiger partial charge in [0.05, 0.1) is 0 Å². The SMILES string of the molecule is CC/C=C\CC(NC(=O)OC(C)(C)C)OC. The Labute approximate surface area is 98.0 Å². The van der Waals surface area contributed by atoms with Crippen LogP contribution in [-0.2, 0) is 9.47 Å². The fraction of sp³-hybridized carbons (Fsp3) is 0.750. The standard InChI is InChI=1S/C12H23NO3/c1-6-7-8-9-10(15-5)13-11(14)16-12(2,3)4/h7-8,10H,6,9H2,1-5H3,(H,13,14)/b8-7-. The summed E-state index contributed by atoms with van der Waals surface area (Å²) >= 11 is 0. The van der Waals surface area contributed by atoms with E-state index < -0.39 is 11.7 Å². The maximum atomic E-state index is 11.4. The van der Waals surface area contributed by atoms with Gasteiger partial charge in [-0.1, -0.05) is 19.1 Å². The average molecular weight is 229 g/mol.